The highest BCUT2D eigenvalue weighted by atomic mass is 32.1. The van der Waals surface area contributed by atoms with Crippen molar-refractivity contribution in [3.63, 3.8) is 0 Å². The molecule has 2 amide bonds. The first-order chi connectivity index (χ1) is 11.0. The molecule has 0 unspecified atom stereocenters. The third-order valence-electron chi connectivity index (χ3n) is 2.93. The molecule has 2 aromatic rings. The van der Waals surface area contributed by atoms with Gasteiger partial charge in [0, 0.05) is 25.4 Å². The fraction of sp³-hybridized carbons (Fsp3) is 0.133. The molecule has 0 radical (unpaired) electrons. The number of amides is 2. The topological polar surface area (TPSA) is 74.0 Å². The Kier molecular flexibility index (Phi) is 5.53. The smallest absolute Gasteiger partial charge is 0.254 e. The highest BCUT2D eigenvalue weighted by Crippen LogP contribution is 2.09. The molecular weight excluding hydrogens is 324 g/mol. The Labute approximate surface area is 135 Å². The fourth-order valence-corrected chi connectivity index (χ4v) is 2.05. The summed E-state index contributed by atoms with van der Waals surface area (Å²) in [6, 6.07) is 5.90. The number of carbonyl (C=O) groups is 2. The Bertz CT molecular complexity index is 792. The predicted octanol–water partition coefficient (Wildman–Crippen LogP) is 2.18. The van der Waals surface area contributed by atoms with Crippen LogP contribution in [0.15, 0.2) is 36.5 Å². The highest BCUT2D eigenvalue weighted by molar-refractivity contribution is 7.71. The standard InChI is InChI=1S/C15H13F2N3O2S/c16-9-3-4-10(12(17)8-9)13(21)18-6-7-19-14(22)11-2-1-5-20-15(11)23/h1-5,8H,6-7H2,(H,18,21)(H,19,22)(H,20,23). The lowest BCUT2D eigenvalue weighted by atomic mass is 10.2. The van der Waals surface area contributed by atoms with E-state index in [1.165, 1.54) is 0 Å². The largest absolute Gasteiger partial charge is 0.352 e. The van der Waals surface area contributed by atoms with Gasteiger partial charge in [-0.3, -0.25) is 9.59 Å². The van der Waals surface area contributed by atoms with E-state index in [1.54, 1.807) is 18.3 Å². The van der Waals surface area contributed by atoms with Crippen molar-refractivity contribution in [1.82, 2.24) is 15.6 Å². The van der Waals surface area contributed by atoms with Gasteiger partial charge in [-0.05, 0) is 24.3 Å². The zero-order valence-corrected chi connectivity index (χ0v) is 12.7. The van der Waals surface area contributed by atoms with Crippen LogP contribution in [0.3, 0.4) is 0 Å². The number of hydrogen-bond acceptors (Lipinski definition) is 3. The van der Waals surface area contributed by atoms with E-state index in [1.807, 2.05) is 0 Å². The molecule has 0 aliphatic rings. The van der Waals surface area contributed by atoms with E-state index in [9.17, 15) is 18.4 Å². The lowest BCUT2D eigenvalue weighted by Gasteiger charge is -2.08. The Balaban J connectivity index is 1.83. The molecule has 3 N–H and O–H groups in total. The molecule has 0 bridgehead atoms. The van der Waals surface area contributed by atoms with Crippen LogP contribution >= 0.6 is 12.2 Å². The minimum atomic E-state index is -0.942. The van der Waals surface area contributed by atoms with Crippen LogP contribution in [0.2, 0.25) is 0 Å². The molecule has 0 aliphatic carbocycles. The first kappa shape index (κ1) is 16.8. The van der Waals surface area contributed by atoms with Gasteiger partial charge in [-0.2, -0.15) is 0 Å². The van der Waals surface area contributed by atoms with E-state index in [-0.39, 0.29) is 24.6 Å². The summed E-state index contributed by atoms with van der Waals surface area (Å²) < 4.78 is 26.5. The van der Waals surface area contributed by atoms with Gasteiger partial charge in [0.25, 0.3) is 11.8 Å². The quantitative estimate of drug-likeness (QED) is 0.578. The molecule has 0 saturated carbocycles. The SMILES string of the molecule is O=C(NCCNC(=O)c1ccc[nH]c1=S)c1ccc(F)cc1F. The maximum absolute atomic E-state index is 13.4. The molecule has 0 atom stereocenters. The number of carbonyl (C=O) groups excluding carboxylic acids is 2. The minimum absolute atomic E-state index is 0.0880. The summed E-state index contributed by atoms with van der Waals surface area (Å²) in [5.41, 5.74) is 0.0571. The summed E-state index contributed by atoms with van der Waals surface area (Å²) in [5, 5.41) is 5.01. The Morgan fingerprint density at radius 1 is 1.04 bits per heavy atom. The molecule has 120 valence electrons. The highest BCUT2D eigenvalue weighted by Gasteiger charge is 2.12. The third-order valence-corrected chi connectivity index (χ3v) is 3.27. The molecule has 0 saturated heterocycles. The van der Waals surface area contributed by atoms with Crippen molar-refractivity contribution in [3.8, 4) is 0 Å². The summed E-state index contributed by atoms with van der Waals surface area (Å²) in [4.78, 5) is 26.3. The average Bonchev–Trinajstić information content (AvgIpc) is 2.51. The molecule has 5 nitrogen and oxygen atoms in total. The second-order valence-corrected chi connectivity index (χ2v) is 4.96. The Hall–Kier alpha value is -2.61. The lowest BCUT2D eigenvalue weighted by molar-refractivity contribution is 0.0925. The van der Waals surface area contributed by atoms with Crippen LogP contribution in [0, 0.1) is 16.3 Å². The summed E-state index contributed by atoms with van der Waals surface area (Å²) in [7, 11) is 0. The molecule has 1 heterocycles. The number of aromatic nitrogens is 1. The number of aromatic amines is 1. The molecular formula is C15H13F2N3O2S. The van der Waals surface area contributed by atoms with E-state index in [2.05, 4.69) is 15.6 Å². The molecule has 8 heteroatoms. The van der Waals surface area contributed by atoms with Gasteiger partial charge in [0.15, 0.2) is 0 Å². The van der Waals surface area contributed by atoms with Crippen LogP contribution < -0.4 is 10.6 Å². The van der Waals surface area contributed by atoms with Gasteiger partial charge >= 0.3 is 0 Å². The number of nitrogens with one attached hydrogen (secondary N) is 3. The molecule has 2 rings (SSSR count). The van der Waals surface area contributed by atoms with E-state index >= 15 is 0 Å². The van der Waals surface area contributed by atoms with Crippen LogP contribution in [-0.2, 0) is 0 Å². The molecule has 0 spiro atoms. The second-order valence-electron chi connectivity index (χ2n) is 4.55. The van der Waals surface area contributed by atoms with Crippen molar-refractivity contribution in [2.24, 2.45) is 0 Å². The van der Waals surface area contributed by atoms with Crippen LogP contribution in [0.1, 0.15) is 20.7 Å². The zero-order chi connectivity index (χ0) is 16.8. The molecule has 23 heavy (non-hydrogen) atoms. The fourth-order valence-electron chi connectivity index (χ4n) is 1.82. The minimum Gasteiger partial charge on any atom is -0.352 e. The number of pyridine rings is 1. The molecule has 1 aromatic carbocycles. The molecule has 0 fully saturated rings. The first-order valence-corrected chi connectivity index (χ1v) is 7.09. The van der Waals surface area contributed by atoms with Gasteiger partial charge in [0.1, 0.15) is 16.3 Å². The van der Waals surface area contributed by atoms with Crippen molar-refractivity contribution >= 4 is 24.0 Å². The zero-order valence-electron chi connectivity index (χ0n) is 11.9. The van der Waals surface area contributed by atoms with Gasteiger partial charge in [-0.1, -0.05) is 12.2 Å². The van der Waals surface area contributed by atoms with Crippen LogP contribution in [0.25, 0.3) is 0 Å². The molecule has 0 aliphatic heterocycles. The second kappa shape index (κ2) is 7.59. The summed E-state index contributed by atoms with van der Waals surface area (Å²) >= 11 is 4.98. The maximum Gasteiger partial charge on any atom is 0.254 e. The van der Waals surface area contributed by atoms with Gasteiger partial charge in [0.05, 0.1) is 11.1 Å². The summed E-state index contributed by atoms with van der Waals surface area (Å²) in [5.74, 6) is -2.77. The molecule has 1 aromatic heterocycles. The van der Waals surface area contributed by atoms with E-state index in [0.29, 0.717) is 16.3 Å². The lowest BCUT2D eigenvalue weighted by Crippen LogP contribution is -2.35. The van der Waals surface area contributed by atoms with E-state index in [4.69, 9.17) is 12.2 Å². The van der Waals surface area contributed by atoms with Crippen molar-refractivity contribution in [2.45, 2.75) is 0 Å². The Morgan fingerprint density at radius 3 is 2.30 bits per heavy atom. The maximum atomic E-state index is 13.4. The predicted molar refractivity (Wildman–Crippen MR) is 82.7 cm³/mol. The van der Waals surface area contributed by atoms with Crippen LogP contribution in [-0.4, -0.2) is 29.9 Å². The van der Waals surface area contributed by atoms with E-state index in [0.717, 1.165) is 12.1 Å². The van der Waals surface area contributed by atoms with Crippen molar-refractivity contribution < 1.29 is 18.4 Å². The van der Waals surface area contributed by atoms with Crippen molar-refractivity contribution in [3.05, 3.63) is 63.9 Å². The number of hydrogen-bond donors (Lipinski definition) is 3. The van der Waals surface area contributed by atoms with Gasteiger partial charge in [-0.25, -0.2) is 8.78 Å². The Morgan fingerprint density at radius 2 is 1.70 bits per heavy atom. The number of halogens is 2. The number of benzene rings is 1. The van der Waals surface area contributed by atoms with Crippen molar-refractivity contribution in [2.75, 3.05) is 13.1 Å². The first-order valence-electron chi connectivity index (χ1n) is 6.68. The van der Waals surface area contributed by atoms with Crippen LogP contribution in [0.4, 0.5) is 8.78 Å². The van der Waals surface area contributed by atoms with Crippen LogP contribution in [0.5, 0.6) is 0 Å². The third kappa shape index (κ3) is 4.43. The average molecular weight is 337 g/mol. The summed E-state index contributed by atoms with van der Waals surface area (Å²) in [6.45, 7) is 0.224. The van der Waals surface area contributed by atoms with Crippen molar-refractivity contribution in [1.29, 1.82) is 0 Å². The number of rotatable bonds is 5. The summed E-state index contributed by atoms with van der Waals surface area (Å²) in [6.07, 6.45) is 1.61. The van der Waals surface area contributed by atoms with Gasteiger partial charge in [-0.15, -0.1) is 0 Å². The monoisotopic (exact) mass is 337 g/mol. The van der Waals surface area contributed by atoms with E-state index < -0.39 is 17.5 Å². The normalized spacial score (nSPS) is 10.2. The van der Waals surface area contributed by atoms with Gasteiger partial charge < -0.3 is 15.6 Å². The number of H-pyrrole nitrogens is 1. The van der Waals surface area contributed by atoms with Gasteiger partial charge in [0.2, 0.25) is 0 Å².